The summed E-state index contributed by atoms with van der Waals surface area (Å²) in [6, 6.07) is 17.8. The Hall–Kier alpha value is -4.55. The van der Waals surface area contributed by atoms with Crippen LogP contribution in [-0.4, -0.2) is 35.9 Å². The van der Waals surface area contributed by atoms with Gasteiger partial charge in [0.05, 0.1) is 59.9 Å². The molecule has 1 atom stereocenters. The Bertz CT molecular complexity index is 1400. The summed E-state index contributed by atoms with van der Waals surface area (Å²) in [6.07, 6.45) is 3.03. The molecule has 176 valence electrons. The van der Waals surface area contributed by atoms with E-state index in [0.717, 1.165) is 0 Å². The molecule has 0 amide bonds. The fraction of sp³-hybridized carbons (Fsp3) is 0.120. The van der Waals surface area contributed by atoms with Crippen LogP contribution in [0.5, 0.6) is 0 Å². The number of nitrogens with two attached hydrogens (primary N) is 1. The van der Waals surface area contributed by atoms with Crippen molar-refractivity contribution in [2.45, 2.75) is 5.92 Å². The van der Waals surface area contributed by atoms with Gasteiger partial charge in [-0.1, -0.05) is 54.1 Å². The average Bonchev–Trinajstić information content (AvgIpc) is 3.33. The molecule has 2 heterocycles. The van der Waals surface area contributed by atoms with Gasteiger partial charge in [-0.05, 0) is 17.7 Å². The van der Waals surface area contributed by atoms with E-state index in [0.29, 0.717) is 22.0 Å². The summed E-state index contributed by atoms with van der Waals surface area (Å²) >= 11 is 6.08. The molecule has 2 aromatic carbocycles. The SMILES string of the molecule is COC(=O)C1=C(C(=O)OC)N(c2ccccc2-n2cc(Cl)cn2)C(N)=C(C#N)C1c1ccccc1. The Morgan fingerprint density at radius 3 is 2.23 bits per heavy atom. The first-order chi connectivity index (χ1) is 16.9. The van der Waals surface area contributed by atoms with Crippen LogP contribution in [0.15, 0.2) is 89.7 Å². The molecule has 0 aliphatic carbocycles. The van der Waals surface area contributed by atoms with Gasteiger partial charge in [-0.25, -0.2) is 14.3 Å². The first kappa shape index (κ1) is 23.6. The number of para-hydroxylation sites is 2. The second-order valence-electron chi connectivity index (χ2n) is 7.43. The number of benzene rings is 2. The van der Waals surface area contributed by atoms with Crippen molar-refractivity contribution in [1.82, 2.24) is 9.78 Å². The number of hydrogen-bond acceptors (Lipinski definition) is 8. The predicted octanol–water partition coefficient (Wildman–Crippen LogP) is 3.42. The van der Waals surface area contributed by atoms with E-state index in [4.69, 9.17) is 26.8 Å². The standard InChI is InChI=1S/C25H20ClN5O4/c1-34-24(32)21-20(15-8-4-3-5-9-15)17(12-27)23(28)31(22(21)25(33)35-2)19-11-7-6-10-18(19)30-14-16(26)13-29-30/h3-11,13-14,20H,28H2,1-2H3. The second kappa shape index (κ2) is 9.75. The summed E-state index contributed by atoms with van der Waals surface area (Å²) in [6.45, 7) is 0. The quantitative estimate of drug-likeness (QED) is 0.541. The van der Waals surface area contributed by atoms with Crippen LogP contribution in [0, 0.1) is 11.3 Å². The Morgan fingerprint density at radius 2 is 1.66 bits per heavy atom. The molecule has 1 aliphatic heterocycles. The molecule has 0 bridgehead atoms. The van der Waals surface area contributed by atoms with Gasteiger partial charge < -0.3 is 15.2 Å². The van der Waals surface area contributed by atoms with Crippen LogP contribution in [-0.2, 0) is 19.1 Å². The summed E-state index contributed by atoms with van der Waals surface area (Å²) in [7, 11) is 2.39. The van der Waals surface area contributed by atoms with Crippen LogP contribution < -0.4 is 10.6 Å². The molecule has 1 aromatic heterocycles. The molecule has 10 heteroatoms. The van der Waals surface area contributed by atoms with Crippen molar-refractivity contribution < 1.29 is 19.1 Å². The third-order valence-corrected chi connectivity index (χ3v) is 5.73. The van der Waals surface area contributed by atoms with Gasteiger partial charge in [-0.15, -0.1) is 0 Å². The fourth-order valence-electron chi connectivity index (χ4n) is 4.04. The van der Waals surface area contributed by atoms with E-state index in [2.05, 4.69) is 11.2 Å². The van der Waals surface area contributed by atoms with Crippen molar-refractivity contribution in [3.05, 3.63) is 100 Å². The monoisotopic (exact) mass is 489 g/mol. The third kappa shape index (κ3) is 4.11. The number of nitrogens with zero attached hydrogens (tertiary/aromatic N) is 4. The van der Waals surface area contributed by atoms with E-state index in [9.17, 15) is 14.9 Å². The number of methoxy groups -OCH3 is 2. The molecule has 1 aliphatic rings. The lowest BCUT2D eigenvalue weighted by Crippen LogP contribution is -2.41. The highest BCUT2D eigenvalue weighted by atomic mass is 35.5. The summed E-state index contributed by atoms with van der Waals surface area (Å²) in [5.41, 5.74) is 7.82. The zero-order chi connectivity index (χ0) is 25.1. The fourth-order valence-corrected chi connectivity index (χ4v) is 4.18. The minimum Gasteiger partial charge on any atom is -0.466 e. The molecule has 0 saturated carbocycles. The van der Waals surface area contributed by atoms with Crippen molar-refractivity contribution >= 4 is 29.2 Å². The molecule has 9 nitrogen and oxygen atoms in total. The number of ether oxygens (including phenoxy) is 2. The summed E-state index contributed by atoms with van der Waals surface area (Å²) in [5, 5.41) is 14.8. The van der Waals surface area contributed by atoms with Crippen LogP contribution >= 0.6 is 11.6 Å². The van der Waals surface area contributed by atoms with Gasteiger partial charge in [0.1, 0.15) is 11.5 Å². The topological polar surface area (TPSA) is 123 Å². The van der Waals surface area contributed by atoms with Gasteiger partial charge in [-0.2, -0.15) is 10.4 Å². The van der Waals surface area contributed by atoms with Gasteiger partial charge >= 0.3 is 11.9 Å². The van der Waals surface area contributed by atoms with E-state index >= 15 is 0 Å². The second-order valence-corrected chi connectivity index (χ2v) is 7.86. The summed E-state index contributed by atoms with van der Waals surface area (Å²) in [5.74, 6) is -2.63. The summed E-state index contributed by atoms with van der Waals surface area (Å²) < 4.78 is 11.6. The first-order valence-electron chi connectivity index (χ1n) is 10.4. The molecule has 35 heavy (non-hydrogen) atoms. The van der Waals surface area contributed by atoms with E-state index in [1.807, 2.05) is 0 Å². The zero-order valence-electron chi connectivity index (χ0n) is 18.8. The van der Waals surface area contributed by atoms with Crippen LogP contribution in [0.25, 0.3) is 5.69 Å². The molecule has 2 N–H and O–H groups in total. The Morgan fingerprint density at radius 1 is 1.03 bits per heavy atom. The Balaban J connectivity index is 2.09. The van der Waals surface area contributed by atoms with Crippen LogP contribution in [0.4, 0.5) is 5.69 Å². The third-order valence-electron chi connectivity index (χ3n) is 5.53. The van der Waals surface area contributed by atoms with E-state index in [1.165, 1.54) is 30.0 Å². The molecule has 0 saturated heterocycles. The van der Waals surface area contributed by atoms with Crippen molar-refractivity contribution in [1.29, 1.82) is 5.26 Å². The smallest absolute Gasteiger partial charge is 0.355 e. The highest BCUT2D eigenvalue weighted by Crippen LogP contribution is 2.44. The van der Waals surface area contributed by atoms with Crippen molar-refractivity contribution in [2.75, 3.05) is 19.1 Å². The lowest BCUT2D eigenvalue weighted by Gasteiger charge is -2.36. The van der Waals surface area contributed by atoms with E-state index in [1.54, 1.807) is 60.8 Å². The number of aromatic nitrogens is 2. The maximum Gasteiger partial charge on any atom is 0.355 e. The van der Waals surface area contributed by atoms with Crippen LogP contribution in [0.2, 0.25) is 5.02 Å². The Labute approximate surface area is 206 Å². The number of carbonyl (C=O) groups is 2. The number of allylic oxidation sites excluding steroid dienone is 1. The molecule has 4 rings (SSSR count). The van der Waals surface area contributed by atoms with E-state index < -0.39 is 17.9 Å². The molecule has 0 radical (unpaired) electrons. The summed E-state index contributed by atoms with van der Waals surface area (Å²) in [4.78, 5) is 27.7. The molecular weight excluding hydrogens is 470 g/mol. The largest absolute Gasteiger partial charge is 0.466 e. The predicted molar refractivity (Wildman–Crippen MR) is 128 cm³/mol. The molecule has 0 fully saturated rings. The number of nitriles is 1. The van der Waals surface area contributed by atoms with Gasteiger partial charge in [-0.3, -0.25) is 4.90 Å². The van der Waals surface area contributed by atoms with Gasteiger partial charge in [0, 0.05) is 6.20 Å². The van der Waals surface area contributed by atoms with Crippen LogP contribution in [0.1, 0.15) is 11.5 Å². The normalized spacial score (nSPS) is 15.6. The number of halogens is 1. The number of anilines is 1. The van der Waals surface area contributed by atoms with Crippen molar-refractivity contribution in [3.63, 3.8) is 0 Å². The van der Waals surface area contributed by atoms with E-state index in [-0.39, 0.29) is 22.7 Å². The Kier molecular flexibility index (Phi) is 6.57. The van der Waals surface area contributed by atoms with Crippen molar-refractivity contribution in [2.24, 2.45) is 5.73 Å². The number of rotatable bonds is 5. The first-order valence-corrected chi connectivity index (χ1v) is 10.8. The zero-order valence-corrected chi connectivity index (χ0v) is 19.6. The number of esters is 2. The van der Waals surface area contributed by atoms with Gasteiger partial charge in [0.2, 0.25) is 0 Å². The highest BCUT2D eigenvalue weighted by Gasteiger charge is 2.43. The molecule has 3 aromatic rings. The molecular formula is C25H20ClN5O4. The lowest BCUT2D eigenvalue weighted by molar-refractivity contribution is -0.139. The number of hydrogen-bond donors (Lipinski definition) is 1. The van der Waals surface area contributed by atoms with Crippen LogP contribution in [0.3, 0.4) is 0 Å². The maximum absolute atomic E-state index is 13.2. The van der Waals surface area contributed by atoms with Gasteiger partial charge in [0.25, 0.3) is 0 Å². The highest BCUT2D eigenvalue weighted by molar-refractivity contribution is 6.30. The molecule has 0 spiro atoms. The minimum absolute atomic E-state index is 0.0416. The maximum atomic E-state index is 13.2. The molecule has 1 unspecified atom stereocenters. The van der Waals surface area contributed by atoms with Crippen molar-refractivity contribution in [3.8, 4) is 11.8 Å². The lowest BCUT2D eigenvalue weighted by atomic mass is 9.81. The van der Waals surface area contributed by atoms with Gasteiger partial charge in [0.15, 0.2) is 0 Å². The minimum atomic E-state index is -0.953. The number of carbonyl (C=O) groups excluding carboxylic acids is 2. The average molecular weight is 490 g/mol.